The van der Waals surface area contributed by atoms with Crippen molar-refractivity contribution in [2.45, 2.75) is 9.79 Å². The van der Waals surface area contributed by atoms with E-state index < -0.39 is 11.9 Å². The monoisotopic (exact) mass is 610 g/mol. The number of hydrogen-bond donors (Lipinski definition) is 4. The van der Waals surface area contributed by atoms with Gasteiger partial charge in [-0.2, -0.15) is 0 Å². The predicted octanol–water partition coefficient (Wildman–Crippen LogP) is 6.63. The second-order valence-corrected chi connectivity index (χ2v) is 10.4. The van der Waals surface area contributed by atoms with E-state index in [1.807, 2.05) is 60.7 Å². The molecule has 0 heterocycles. The SMILES string of the molecule is Nc1ccccc1C(=O)O.O=C(CSc1ccccc1)Nc1ccccc1C(=O)O.O=C(Cl)CSc1ccccc1. The van der Waals surface area contributed by atoms with Crippen LogP contribution in [0, 0.1) is 0 Å². The summed E-state index contributed by atoms with van der Waals surface area (Å²) in [5.74, 6) is -1.70. The topological polar surface area (TPSA) is 147 Å². The summed E-state index contributed by atoms with van der Waals surface area (Å²) in [7, 11) is 0. The second kappa shape index (κ2) is 18.2. The first-order chi connectivity index (χ1) is 19.7. The highest BCUT2D eigenvalue weighted by Gasteiger charge is 2.11. The Morgan fingerprint density at radius 3 is 1.54 bits per heavy atom. The Hall–Kier alpha value is -4.25. The number of carbonyl (C=O) groups excluding carboxylic acids is 2. The van der Waals surface area contributed by atoms with Crippen LogP contribution in [0.3, 0.4) is 0 Å². The zero-order chi connectivity index (χ0) is 30.0. The van der Waals surface area contributed by atoms with Gasteiger partial charge in [-0.15, -0.1) is 23.5 Å². The molecule has 0 saturated carbocycles. The quantitative estimate of drug-likeness (QED) is 0.0931. The number of aromatic carboxylic acids is 2. The lowest BCUT2D eigenvalue weighted by atomic mass is 10.2. The van der Waals surface area contributed by atoms with Crippen LogP contribution in [0.4, 0.5) is 11.4 Å². The highest BCUT2D eigenvalue weighted by Crippen LogP contribution is 2.19. The van der Waals surface area contributed by atoms with Crippen molar-refractivity contribution >= 4 is 69.6 Å². The van der Waals surface area contributed by atoms with Crippen molar-refractivity contribution in [2.75, 3.05) is 22.6 Å². The summed E-state index contributed by atoms with van der Waals surface area (Å²) >= 11 is 8.02. The molecule has 0 radical (unpaired) electrons. The number of carboxylic acids is 2. The van der Waals surface area contributed by atoms with Crippen molar-refractivity contribution in [2.24, 2.45) is 0 Å². The number of halogens is 1. The first-order valence-electron chi connectivity index (χ1n) is 11.9. The second-order valence-electron chi connectivity index (χ2n) is 7.85. The van der Waals surface area contributed by atoms with E-state index in [-0.39, 0.29) is 28.0 Å². The van der Waals surface area contributed by atoms with Crippen molar-refractivity contribution in [3.05, 3.63) is 120 Å². The average Bonchev–Trinajstić information content (AvgIpc) is 2.97. The van der Waals surface area contributed by atoms with E-state index in [1.165, 1.54) is 35.7 Å². The number of hydrogen-bond acceptors (Lipinski definition) is 7. The standard InChI is InChI=1S/C15H13NO3S.C8H7ClOS.C7H7NO2/c17-14(10-20-11-6-2-1-3-7-11)16-13-9-5-4-8-12(13)15(18)19;9-8(10)6-11-7-4-2-1-3-5-7;8-6-4-2-1-3-5(6)7(9)10/h1-9H,10H2,(H,16,17)(H,18,19);1-5H,6H2;1-4H,8H2,(H,9,10). The Labute approximate surface area is 250 Å². The molecule has 8 nitrogen and oxygen atoms in total. The number of nitrogens with one attached hydrogen (secondary N) is 1. The van der Waals surface area contributed by atoms with Gasteiger partial charge < -0.3 is 21.3 Å². The normalized spacial score (nSPS) is 9.68. The van der Waals surface area contributed by atoms with E-state index in [4.69, 9.17) is 27.5 Å². The van der Waals surface area contributed by atoms with Gasteiger partial charge in [-0.25, -0.2) is 9.59 Å². The van der Waals surface area contributed by atoms with E-state index in [0.29, 0.717) is 17.1 Å². The van der Waals surface area contributed by atoms with Gasteiger partial charge in [0.15, 0.2) is 0 Å². The van der Waals surface area contributed by atoms with Gasteiger partial charge in [0, 0.05) is 15.5 Å². The van der Waals surface area contributed by atoms with E-state index in [0.717, 1.165) is 9.79 Å². The molecular weight excluding hydrogens is 584 g/mol. The minimum atomic E-state index is -1.06. The smallest absolute Gasteiger partial charge is 0.337 e. The minimum Gasteiger partial charge on any atom is -0.478 e. The maximum atomic E-state index is 11.8. The summed E-state index contributed by atoms with van der Waals surface area (Å²) in [6, 6.07) is 32.0. The number of nitrogen functional groups attached to an aromatic ring is 1. The number of rotatable bonds is 9. The van der Waals surface area contributed by atoms with Crippen molar-refractivity contribution in [1.82, 2.24) is 0 Å². The van der Waals surface area contributed by atoms with E-state index >= 15 is 0 Å². The lowest BCUT2D eigenvalue weighted by molar-refractivity contribution is -0.114. The molecule has 5 N–H and O–H groups in total. The first kappa shape index (κ1) is 33.0. The van der Waals surface area contributed by atoms with Crippen LogP contribution in [0.1, 0.15) is 20.7 Å². The largest absolute Gasteiger partial charge is 0.478 e. The fraction of sp³-hybridized carbons (Fsp3) is 0.0667. The molecule has 4 aromatic carbocycles. The van der Waals surface area contributed by atoms with Gasteiger partial charge in [0.05, 0.1) is 28.3 Å². The van der Waals surface area contributed by atoms with Crippen LogP contribution >= 0.6 is 35.1 Å². The summed E-state index contributed by atoms with van der Waals surface area (Å²) < 4.78 is 0. The first-order valence-corrected chi connectivity index (χ1v) is 14.3. The lowest BCUT2D eigenvalue weighted by Crippen LogP contribution is -2.16. The molecule has 0 aromatic heterocycles. The minimum absolute atomic E-state index is 0.0885. The molecule has 0 bridgehead atoms. The number of amides is 1. The molecule has 4 rings (SSSR count). The zero-order valence-electron chi connectivity index (χ0n) is 21.6. The van der Waals surface area contributed by atoms with Gasteiger partial charge in [0.2, 0.25) is 11.1 Å². The molecule has 1 amide bonds. The molecule has 0 aliphatic carbocycles. The van der Waals surface area contributed by atoms with Crippen LogP contribution in [0.5, 0.6) is 0 Å². The highest BCUT2D eigenvalue weighted by molar-refractivity contribution is 8.00. The summed E-state index contributed by atoms with van der Waals surface area (Å²) in [5, 5.41) is 19.8. The summed E-state index contributed by atoms with van der Waals surface area (Å²) in [4.78, 5) is 45.6. The van der Waals surface area contributed by atoms with Crippen LogP contribution in [-0.2, 0) is 9.59 Å². The third kappa shape index (κ3) is 13.1. The Bertz CT molecular complexity index is 1440. The molecule has 0 atom stereocenters. The summed E-state index contributed by atoms with van der Waals surface area (Å²) in [6.45, 7) is 0. The number of nitrogens with two attached hydrogens (primary N) is 1. The number of thioether (sulfide) groups is 2. The number of carbonyl (C=O) groups is 4. The molecule has 0 saturated heterocycles. The molecule has 0 aliphatic rings. The summed E-state index contributed by atoms with van der Waals surface area (Å²) in [5.41, 5.74) is 6.20. The molecule has 0 fully saturated rings. The van der Waals surface area contributed by atoms with Crippen molar-refractivity contribution in [3.8, 4) is 0 Å². The van der Waals surface area contributed by atoms with Crippen LogP contribution in [0.15, 0.2) is 119 Å². The average molecular weight is 611 g/mol. The maximum Gasteiger partial charge on any atom is 0.337 e. The van der Waals surface area contributed by atoms with Gasteiger partial charge >= 0.3 is 11.9 Å². The Morgan fingerprint density at radius 1 is 0.634 bits per heavy atom. The molecule has 0 aliphatic heterocycles. The fourth-order valence-corrected chi connectivity index (χ4v) is 4.49. The van der Waals surface area contributed by atoms with Gasteiger partial charge in [-0.3, -0.25) is 9.59 Å². The predicted molar refractivity (Wildman–Crippen MR) is 165 cm³/mol. The Morgan fingerprint density at radius 2 is 1.07 bits per heavy atom. The van der Waals surface area contributed by atoms with Gasteiger partial charge in [0.1, 0.15) is 0 Å². The Balaban J connectivity index is 0.000000236. The van der Waals surface area contributed by atoms with E-state index in [9.17, 15) is 19.2 Å². The third-order valence-electron chi connectivity index (χ3n) is 4.83. The molecule has 4 aromatic rings. The van der Waals surface area contributed by atoms with Gasteiger partial charge in [-0.05, 0) is 60.1 Å². The summed E-state index contributed by atoms with van der Waals surface area (Å²) in [6.07, 6.45) is 0. The molecule has 41 heavy (non-hydrogen) atoms. The lowest BCUT2D eigenvalue weighted by Gasteiger charge is -2.08. The van der Waals surface area contributed by atoms with Crippen LogP contribution in [0.2, 0.25) is 0 Å². The van der Waals surface area contributed by atoms with E-state index in [1.54, 1.807) is 36.4 Å². The number of carboxylic acid groups (broad SMARTS) is 2. The number of para-hydroxylation sites is 2. The molecule has 212 valence electrons. The van der Waals surface area contributed by atoms with Gasteiger partial charge in [0.25, 0.3) is 0 Å². The van der Waals surface area contributed by atoms with Crippen LogP contribution < -0.4 is 11.1 Å². The van der Waals surface area contributed by atoms with Crippen LogP contribution in [-0.4, -0.2) is 44.8 Å². The van der Waals surface area contributed by atoms with Crippen molar-refractivity contribution < 1.29 is 29.4 Å². The molecule has 0 unspecified atom stereocenters. The zero-order valence-corrected chi connectivity index (χ0v) is 24.0. The molecule has 11 heteroatoms. The number of benzene rings is 4. The fourth-order valence-electron chi connectivity index (χ4n) is 2.98. The number of anilines is 2. The maximum absolute atomic E-state index is 11.8. The Kier molecular flexibility index (Phi) is 14.6. The van der Waals surface area contributed by atoms with Crippen LogP contribution in [0.25, 0.3) is 0 Å². The van der Waals surface area contributed by atoms with Crippen molar-refractivity contribution in [1.29, 1.82) is 0 Å². The van der Waals surface area contributed by atoms with E-state index in [2.05, 4.69) is 5.32 Å². The van der Waals surface area contributed by atoms with Gasteiger partial charge in [-0.1, -0.05) is 60.7 Å². The molecular formula is C30H27ClN2O6S2. The third-order valence-corrected chi connectivity index (χ3v) is 7.15. The molecule has 0 spiro atoms. The highest BCUT2D eigenvalue weighted by atomic mass is 35.5. The van der Waals surface area contributed by atoms with Crippen molar-refractivity contribution in [3.63, 3.8) is 0 Å².